The molecule has 0 aliphatic heterocycles. The predicted molar refractivity (Wildman–Crippen MR) is 107 cm³/mol. The summed E-state index contributed by atoms with van der Waals surface area (Å²) < 4.78 is 27.2. The summed E-state index contributed by atoms with van der Waals surface area (Å²) in [6.45, 7) is 8.47. The maximum Gasteiger partial charge on any atom is 0.339 e. The summed E-state index contributed by atoms with van der Waals surface area (Å²) in [5.74, 6) is -1.71. The van der Waals surface area contributed by atoms with E-state index in [0.717, 1.165) is 12.1 Å². The van der Waals surface area contributed by atoms with Crippen LogP contribution in [-0.4, -0.2) is 27.3 Å². The Bertz CT molecular complexity index is 1060. The van der Waals surface area contributed by atoms with Gasteiger partial charge in [-0.1, -0.05) is 11.6 Å². The van der Waals surface area contributed by atoms with E-state index in [9.17, 15) is 18.8 Å². The molecule has 0 bridgehead atoms. The Morgan fingerprint density at radius 1 is 1.17 bits per heavy atom. The van der Waals surface area contributed by atoms with Crippen LogP contribution in [0.2, 0.25) is 5.02 Å². The molecule has 0 radical (unpaired) electrons. The van der Waals surface area contributed by atoms with E-state index >= 15 is 0 Å². The fourth-order valence-corrected chi connectivity index (χ4v) is 2.87. The van der Waals surface area contributed by atoms with Crippen LogP contribution in [0.4, 0.5) is 4.39 Å². The number of carbonyl (C=O) groups is 1. The maximum absolute atomic E-state index is 14.7. The number of carbonyl (C=O) groups excluding carboxylic acids is 1. The number of esters is 1. The molecule has 0 aliphatic carbocycles. The highest BCUT2D eigenvalue weighted by molar-refractivity contribution is 6.33. The van der Waals surface area contributed by atoms with Crippen LogP contribution in [0.3, 0.4) is 0 Å². The average Bonchev–Trinajstić information content (AvgIpc) is 2.60. The van der Waals surface area contributed by atoms with Gasteiger partial charge in [0.25, 0.3) is 5.56 Å². The van der Waals surface area contributed by atoms with Crippen LogP contribution in [-0.2, 0) is 23.1 Å². The van der Waals surface area contributed by atoms with Gasteiger partial charge >= 0.3 is 11.7 Å². The molecule has 0 aliphatic rings. The van der Waals surface area contributed by atoms with E-state index < -0.39 is 29.1 Å². The van der Waals surface area contributed by atoms with Crippen molar-refractivity contribution in [2.24, 2.45) is 7.05 Å². The summed E-state index contributed by atoms with van der Waals surface area (Å²) in [5, 5.41) is -0.183. The Morgan fingerprint density at radius 2 is 1.79 bits per heavy atom. The largest absolute Gasteiger partial charge is 0.459 e. The van der Waals surface area contributed by atoms with Crippen LogP contribution >= 0.6 is 11.6 Å². The number of halogens is 2. The average molecular weight is 427 g/mol. The normalized spacial score (nSPS) is 11.4. The number of hydrogen-bond donors (Lipinski definition) is 0. The molecule has 0 unspecified atom stereocenters. The maximum atomic E-state index is 14.7. The third kappa shape index (κ3) is 4.76. The van der Waals surface area contributed by atoms with Gasteiger partial charge in [0.1, 0.15) is 5.82 Å². The fourth-order valence-electron chi connectivity index (χ4n) is 2.64. The third-order valence-corrected chi connectivity index (χ3v) is 4.59. The molecule has 2 rings (SSSR count). The quantitative estimate of drug-likeness (QED) is 0.663. The standard InChI is InChI=1S/C20H24ClFN2O5/c1-10(2)28-9-14-12(5)23(6)20(27)24(18(14)25)17-7-13(15(21)8-16(17)22)19(26)29-11(3)4/h7-8,10-11H,9H2,1-6H3. The molecule has 1 aromatic heterocycles. The highest BCUT2D eigenvalue weighted by Crippen LogP contribution is 2.24. The van der Waals surface area contributed by atoms with Crippen molar-refractivity contribution in [3.05, 3.63) is 60.6 Å². The molecule has 9 heteroatoms. The van der Waals surface area contributed by atoms with Gasteiger partial charge < -0.3 is 14.0 Å². The summed E-state index contributed by atoms with van der Waals surface area (Å²) >= 11 is 5.99. The molecule has 0 saturated heterocycles. The van der Waals surface area contributed by atoms with E-state index in [1.54, 1.807) is 34.6 Å². The minimum atomic E-state index is -0.921. The molecule has 1 aromatic carbocycles. The molecule has 158 valence electrons. The zero-order valence-electron chi connectivity index (χ0n) is 17.2. The smallest absolute Gasteiger partial charge is 0.339 e. The van der Waals surface area contributed by atoms with Gasteiger partial charge in [0.15, 0.2) is 0 Å². The van der Waals surface area contributed by atoms with Crippen molar-refractivity contribution >= 4 is 17.6 Å². The third-order valence-electron chi connectivity index (χ3n) is 4.28. The lowest BCUT2D eigenvalue weighted by Crippen LogP contribution is -2.42. The first-order chi connectivity index (χ1) is 13.5. The van der Waals surface area contributed by atoms with E-state index in [4.69, 9.17) is 21.1 Å². The summed E-state index contributed by atoms with van der Waals surface area (Å²) in [4.78, 5) is 38.1. The van der Waals surface area contributed by atoms with Gasteiger partial charge in [-0.25, -0.2) is 18.5 Å². The fraction of sp³-hybridized carbons (Fsp3) is 0.450. The first-order valence-electron chi connectivity index (χ1n) is 9.09. The molecule has 0 amide bonds. The Balaban J connectivity index is 2.76. The van der Waals surface area contributed by atoms with Crippen LogP contribution in [0.5, 0.6) is 0 Å². The molecular formula is C20H24ClFN2O5. The molecule has 0 atom stereocenters. The van der Waals surface area contributed by atoms with Gasteiger partial charge in [0, 0.05) is 12.7 Å². The van der Waals surface area contributed by atoms with Crippen LogP contribution in [0.1, 0.15) is 49.3 Å². The molecule has 29 heavy (non-hydrogen) atoms. The van der Waals surface area contributed by atoms with Crippen molar-refractivity contribution in [1.29, 1.82) is 0 Å². The van der Waals surface area contributed by atoms with E-state index in [0.29, 0.717) is 10.3 Å². The van der Waals surface area contributed by atoms with E-state index in [2.05, 4.69) is 0 Å². The second-order valence-electron chi connectivity index (χ2n) is 7.14. The number of hydrogen-bond acceptors (Lipinski definition) is 5. The molecule has 0 spiro atoms. The van der Waals surface area contributed by atoms with Gasteiger partial charge in [-0.05, 0) is 46.8 Å². The van der Waals surface area contributed by atoms with Crippen molar-refractivity contribution in [2.45, 2.75) is 53.4 Å². The van der Waals surface area contributed by atoms with Gasteiger partial charge in [-0.15, -0.1) is 0 Å². The van der Waals surface area contributed by atoms with E-state index in [1.807, 2.05) is 0 Å². The number of ether oxygens (including phenoxy) is 2. The van der Waals surface area contributed by atoms with Crippen molar-refractivity contribution in [3.8, 4) is 5.69 Å². The summed E-state index contributed by atoms with van der Waals surface area (Å²) in [5.41, 5.74) is -1.40. The van der Waals surface area contributed by atoms with Gasteiger partial charge in [-0.2, -0.15) is 0 Å². The molecule has 2 aromatic rings. The number of aromatic nitrogens is 2. The highest BCUT2D eigenvalue weighted by Gasteiger charge is 2.22. The van der Waals surface area contributed by atoms with Crippen LogP contribution in [0.15, 0.2) is 21.7 Å². The molecule has 0 saturated carbocycles. The zero-order chi connectivity index (χ0) is 22.0. The number of nitrogens with zero attached hydrogens (tertiary/aromatic N) is 2. The zero-order valence-corrected chi connectivity index (χ0v) is 18.0. The van der Waals surface area contributed by atoms with Crippen molar-refractivity contribution in [2.75, 3.05) is 0 Å². The Hall–Kier alpha value is -2.45. The Morgan fingerprint density at radius 3 is 2.34 bits per heavy atom. The SMILES string of the molecule is Cc1c(COC(C)C)c(=O)n(-c2cc(C(=O)OC(C)C)c(Cl)cc2F)c(=O)n1C. The monoisotopic (exact) mass is 426 g/mol. The van der Waals surface area contributed by atoms with Crippen molar-refractivity contribution in [1.82, 2.24) is 9.13 Å². The van der Waals surface area contributed by atoms with Crippen LogP contribution < -0.4 is 11.2 Å². The molecule has 1 heterocycles. The molecular weight excluding hydrogens is 403 g/mol. The lowest BCUT2D eigenvalue weighted by atomic mass is 10.1. The summed E-state index contributed by atoms with van der Waals surface area (Å²) in [7, 11) is 1.47. The summed E-state index contributed by atoms with van der Waals surface area (Å²) in [6, 6.07) is 1.93. The second kappa shape index (κ2) is 8.92. The first kappa shape index (κ1) is 22.8. The topological polar surface area (TPSA) is 79.5 Å². The summed E-state index contributed by atoms with van der Waals surface area (Å²) in [6.07, 6.45) is -0.578. The number of benzene rings is 1. The minimum absolute atomic E-state index is 0.0477. The highest BCUT2D eigenvalue weighted by atomic mass is 35.5. The predicted octanol–water partition coefficient (Wildman–Crippen LogP) is 3.13. The van der Waals surface area contributed by atoms with Gasteiger partial charge in [-0.3, -0.25) is 4.79 Å². The van der Waals surface area contributed by atoms with E-state index in [1.165, 1.54) is 11.6 Å². The minimum Gasteiger partial charge on any atom is -0.459 e. The molecule has 7 nitrogen and oxygen atoms in total. The lowest BCUT2D eigenvalue weighted by molar-refractivity contribution is 0.0378. The van der Waals surface area contributed by atoms with Crippen LogP contribution in [0, 0.1) is 12.7 Å². The lowest BCUT2D eigenvalue weighted by Gasteiger charge is -2.17. The molecule has 0 N–H and O–H groups in total. The van der Waals surface area contributed by atoms with E-state index in [-0.39, 0.29) is 34.5 Å². The number of rotatable bonds is 6. The second-order valence-corrected chi connectivity index (χ2v) is 7.55. The van der Waals surface area contributed by atoms with Gasteiger partial charge in [0.2, 0.25) is 0 Å². The molecule has 0 fully saturated rings. The Kier molecular flexibility index (Phi) is 7.02. The Labute approximate surface area is 172 Å². The first-order valence-corrected chi connectivity index (χ1v) is 9.47. The van der Waals surface area contributed by atoms with Crippen molar-refractivity contribution < 1.29 is 18.7 Å². The van der Waals surface area contributed by atoms with Crippen LogP contribution in [0.25, 0.3) is 5.69 Å². The van der Waals surface area contributed by atoms with Gasteiger partial charge in [0.05, 0.1) is 40.7 Å². The van der Waals surface area contributed by atoms with Crippen molar-refractivity contribution in [3.63, 3.8) is 0 Å².